The van der Waals surface area contributed by atoms with E-state index in [1.165, 1.54) is 93.7 Å². The fourth-order valence-corrected chi connectivity index (χ4v) is 9.06. The van der Waals surface area contributed by atoms with Gasteiger partial charge in [-0.15, -0.1) is 0 Å². The van der Waals surface area contributed by atoms with E-state index in [2.05, 4.69) is 117 Å². The zero-order chi connectivity index (χ0) is 24.7. The second kappa shape index (κ2) is 5.60. The minimum atomic E-state index is 0.236. The molecule has 12 rings (SSSR count). The first-order valence-electron chi connectivity index (χ1n) is 13.9. The monoisotopic (exact) mass is 489 g/mol. The van der Waals surface area contributed by atoms with Crippen molar-refractivity contribution >= 4 is 90.1 Å². The molecule has 5 heteroatoms. The van der Waals surface area contributed by atoms with Crippen molar-refractivity contribution in [3.8, 4) is 17.1 Å². The molecule has 5 aromatic carbocycles. The van der Waals surface area contributed by atoms with Crippen molar-refractivity contribution in [3.05, 3.63) is 103 Å². The van der Waals surface area contributed by atoms with Gasteiger partial charge in [0, 0.05) is 39.0 Å². The predicted octanol–water partition coefficient (Wildman–Crippen LogP) is 2.96. The maximum absolute atomic E-state index is 2.69. The first-order valence-corrected chi connectivity index (χ1v) is 13.9. The molecule has 0 fully saturated rings. The summed E-state index contributed by atoms with van der Waals surface area (Å²) in [7, 11) is 0. The number of hydrogen-bond donors (Lipinski definition) is 0. The third-order valence-corrected chi connectivity index (χ3v) is 10.2. The number of hydrogen-bond acceptors (Lipinski definition) is 0. The van der Waals surface area contributed by atoms with Gasteiger partial charge in [0.05, 0.1) is 22.1 Å². The van der Waals surface area contributed by atoms with Crippen molar-refractivity contribution in [2.75, 3.05) is 0 Å². The Labute approximate surface area is 223 Å². The molecule has 8 aromatic rings. The molecule has 0 bridgehead atoms. The van der Waals surface area contributed by atoms with Crippen LogP contribution in [0.2, 0.25) is 0 Å². The summed E-state index contributed by atoms with van der Waals surface area (Å²) in [5, 5.41) is 5.49. The van der Waals surface area contributed by atoms with Gasteiger partial charge in [-0.25, -0.2) is 0 Å². The summed E-state index contributed by atoms with van der Waals surface area (Å²) < 4.78 is 7.84. The summed E-state index contributed by atoms with van der Waals surface area (Å²) in [4.78, 5) is 0. The van der Waals surface area contributed by atoms with Gasteiger partial charge in [-0.2, -0.15) is 0 Å². The van der Waals surface area contributed by atoms with Gasteiger partial charge in [-0.1, -0.05) is 78.9 Å². The zero-order valence-corrected chi connectivity index (χ0v) is 20.8. The molecule has 0 saturated carbocycles. The minimum Gasteiger partial charge on any atom is -0.320 e. The third kappa shape index (κ3) is 1.66. The summed E-state index contributed by atoms with van der Waals surface area (Å²) in [6.07, 6.45) is 0. The number of para-hydroxylation sites is 3. The molecule has 0 radical (unpaired) electrons. The summed E-state index contributed by atoms with van der Waals surface area (Å²) in [6.45, 7) is 0.472. The molecule has 39 heavy (non-hydrogen) atoms. The molecule has 0 saturated heterocycles. The molecule has 0 unspecified atom stereocenters. The van der Waals surface area contributed by atoms with E-state index in [0.29, 0.717) is 0 Å². The SMILES string of the molecule is c1ccc2c(c1)B1c3cccc4c3-n3c5c1n-2c1cccc(c2cccc6c2c3c2n6-c3ccccc3B42)c15. The van der Waals surface area contributed by atoms with Crippen molar-refractivity contribution in [2.45, 2.75) is 0 Å². The van der Waals surface area contributed by atoms with Gasteiger partial charge in [0.25, 0.3) is 13.4 Å². The van der Waals surface area contributed by atoms with Crippen molar-refractivity contribution in [3.63, 3.8) is 0 Å². The normalized spacial score (nSPS) is 14.6. The summed E-state index contributed by atoms with van der Waals surface area (Å²) in [6, 6.07) is 39.1. The lowest BCUT2D eigenvalue weighted by atomic mass is 9.34. The maximum atomic E-state index is 2.69. The highest BCUT2D eigenvalue weighted by Gasteiger charge is 2.49. The molecule has 7 heterocycles. The summed E-state index contributed by atoms with van der Waals surface area (Å²) >= 11 is 0. The predicted molar refractivity (Wildman–Crippen MR) is 164 cm³/mol. The van der Waals surface area contributed by atoms with E-state index >= 15 is 0 Å². The van der Waals surface area contributed by atoms with Crippen LogP contribution in [0.1, 0.15) is 0 Å². The standard InChI is InChI=1S/C34H17B2N3/c1-3-14-24-20(10-1)35-22-12-7-13-23-30(22)39-31-28-18(8-5-16-26(28)37(24)33(31)35)19-9-6-17-27-29(19)32(39)34-36(23)21-11-2-4-15-25(21)38(27)34/h1-17H. The number of fused-ring (bicyclic) bond motifs is 11. The molecule has 174 valence electrons. The van der Waals surface area contributed by atoms with Gasteiger partial charge >= 0.3 is 0 Å². The maximum Gasteiger partial charge on any atom is 0.270 e. The highest BCUT2D eigenvalue weighted by molar-refractivity contribution is 7.03. The Bertz CT molecular complexity index is 2350. The van der Waals surface area contributed by atoms with Crippen LogP contribution in [-0.2, 0) is 0 Å². The van der Waals surface area contributed by atoms with E-state index in [4.69, 9.17) is 0 Å². The number of nitrogens with zero attached hydrogens (tertiary/aromatic N) is 3. The second-order valence-corrected chi connectivity index (χ2v) is 11.6. The summed E-state index contributed by atoms with van der Waals surface area (Å²) in [5.74, 6) is 0. The van der Waals surface area contributed by atoms with Crippen molar-refractivity contribution in [1.29, 1.82) is 0 Å². The van der Waals surface area contributed by atoms with Crippen molar-refractivity contribution < 1.29 is 0 Å². The first kappa shape index (κ1) is 18.4. The van der Waals surface area contributed by atoms with E-state index < -0.39 is 0 Å². The van der Waals surface area contributed by atoms with E-state index in [9.17, 15) is 0 Å². The Morgan fingerprint density at radius 1 is 0.410 bits per heavy atom. The molecular weight excluding hydrogens is 472 g/mol. The first-order chi connectivity index (χ1) is 19.4. The highest BCUT2D eigenvalue weighted by atomic mass is 15.1. The van der Waals surface area contributed by atoms with Gasteiger partial charge in [0.2, 0.25) is 0 Å². The smallest absolute Gasteiger partial charge is 0.270 e. The molecule has 0 atom stereocenters. The Hall–Kier alpha value is -4.89. The Morgan fingerprint density at radius 3 is 1.41 bits per heavy atom. The number of benzene rings is 5. The van der Waals surface area contributed by atoms with Crippen LogP contribution in [-0.4, -0.2) is 27.1 Å². The lowest BCUT2D eigenvalue weighted by molar-refractivity contribution is 1.15. The Kier molecular flexibility index (Phi) is 2.64. The second-order valence-electron chi connectivity index (χ2n) is 11.6. The fraction of sp³-hybridized carbons (Fsp3) is 0. The van der Waals surface area contributed by atoms with Crippen LogP contribution in [0, 0.1) is 0 Å². The molecule has 3 nitrogen and oxygen atoms in total. The van der Waals surface area contributed by atoms with Crippen LogP contribution < -0.4 is 33.0 Å². The van der Waals surface area contributed by atoms with E-state index in [-0.39, 0.29) is 13.4 Å². The van der Waals surface area contributed by atoms with E-state index in [1.807, 2.05) is 0 Å². The highest BCUT2D eigenvalue weighted by Crippen LogP contribution is 2.43. The van der Waals surface area contributed by atoms with Gasteiger partial charge in [0.15, 0.2) is 0 Å². The molecule has 4 aliphatic rings. The van der Waals surface area contributed by atoms with Crippen LogP contribution in [0.15, 0.2) is 103 Å². The average molecular weight is 489 g/mol. The molecule has 0 N–H and O–H groups in total. The molecule has 3 aromatic heterocycles. The van der Waals surface area contributed by atoms with Crippen molar-refractivity contribution in [2.24, 2.45) is 0 Å². The Morgan fingerprint density at radius 2 is 0.872 bits per heavy atom. The molecule has 0 spiro atoms. The van der Waals surface area contributed by atoms with Crippen LogP contribution in [0.25, 0.3) is 60.7 Å². The van der Waals surface area contributed by atoms with Crippen molar-refractivity contribution in [1.82, 2.24) is 13.7 Å². The lowest BCUT2D eigenvalue weighted by Crippen LogP contribution is -2.61. The average Bonchev–Trinajstić information content (AvgIpc) is 3.68. The fourth-order valence-electron chi connectivity index (χ4n) is 9.06. The van der Waals surface area contributed by atoms with Crippen LogP contribution >= 0.6 is 0 Å². The number of aromatic nitrogens is 3. The van der Waals surface area contributed by atoms with Gasteiger partial charge in [0.1, 0.15) is 0 Å². The topological polar surface area (TPSA) is 14.8 Å². The molecule has 0 amide bonds. The minimum absolute atomic E-state index is 0.236. The lowest BCUT2D eigenvalue weighted by Gasteiger charge is -2.31. The van der Waals surface area contributed by atoms with Gasteiger partial charge < -0.3 is 13.7 Å². The third-order valence-electron chi connectivity index (χ3n) is 10.2. The van der Waals surface area contributed by atoms with Crippen LogP contribution in [0.5, 0.6) is 0 Å². The molecule has 0 aliphatic carbocycles. The van der Waals surface area contributed by atoms with E-state index in [1.54, 1.807) is 0 Å². The van der Waals surface area contributed by atoms with Gasteiger partial charge in [-0.3, -0.25) is 0 Å². The van der Waals surface area contributed by atoms with E-state index in [0.717, 1.165) is 0 Å². The zero-order valence-electron chi connectivity index (χ0n) is 20.8. The number of rotatable bonds is 0. The van der Waals surface area contributed by atoms with Crippen LogP contribution in [0.3, 0.4) is 0 Å². The molecular formula is C34H17B2N3. The van der Waals surface area contributed by atoms with Gasteiger partial charge in [-0.05, 0) is 56.9 Å². The largest absolute Gasteiger partial charge is 0.320 e. The van der Waals surface area contributed by atoms with Crippen LogP contribution in [0.4, 0.5) is 0 Å². The summed E-state index contributed by atoms with van der Waals surface area (Å²) in [5.41, 5.74) is 18.1. The quantitative estimate of drug-likeness (QED) is 0.291. The molecule has 4 aliphatic heterocycles. The Balaban J connectivity index is 1.51.